The summed E-state index contributed by atoms with van der Waals surface area (Å²) in [6, 6.07) is 20.0. The van der Waals surface area contributed by atoms with Gasteiger partial charge in [-0.2, -0.15) is 13.2 Å². The quantitative estimate of drug-likeness (QED) is 0.493. The Hall–Kier alpha value is -3.35. The van der Waals surface area contributed by atoms with Crippen LogP contribution in [0.3, 0.4) is 0 Å². The molecule has 4 aromatic rings. The second-order valence-electron chi connectivity index (χ2n) is 6.94. The van der Waals surface area contributed by atoms with Crippen LogP contribution in [-0.4, -0.2) is 27.4 Å². The number of hydrogen-bond donors (Lipinski definition) is 0. The van der Waals surface area contributed by atoms with Gasteiger partial charge < -0.3 is 9.47 Å². The predicted octanol–water partition coefficient (Wildman–Crippen LogP) is 4.87. The van der Waals surface area contributed by atoms with Crippen LogP contribution in [0.4, 0.5) is 13.2 Å². The molecule has 0 saturated carbocycles. The maximum absolute atomic E-state index is 13.4. The van der Waals surface area contributed by atoms with Crippen molar-refractivity contribution in [2.75, 3.05) is 7.05 Å². The van der Waals surface area contributed by atoms with Crippen LogP contribution in [-0.2, 0) is 24.1 Å². The van der Waals surface area contributed by atoms with Gasteiger partial charge in [0, 0.05) is 13.6 Å². The largest absolute Gasteiger partial charge is 0.449 e. The van der Waals surface area contributed by atoms with E-state index < -0.39 is 24.5 Å². The van der Waals surface area contributed by atoms with E-state index >= 15 is 0 Å². The number of benzene rings is 3. The Labute approximate surface area is 165 Å². The molecule has 7 heteroatoms. The van der Waals surface area contributed by atoms with Crippen molar-refractivity contribution in [2.45, 2.75) is 19.3 Å². The Morgan fingerprint density at radius 3 is 2.45 bits per heavy atom. The van der Waals surface area contributed by atoms with E-state index in [0.717, 1.165) is 20.9 Å². The third-order valence-corrected chi connectivity index (χ3v) is 4.86. The van der Waals surface area contributed by atoms with Crippen LogP contribution >= 0.6 is 0 Å². The highest BCUT2D eigenvalue weighted by Gasteiger charge is 2.38. The molecule has 0 radical (unpaired) electrons. The van der Waals surface area contributed by atoms with Gasteiger partial charge in [-0.15, -0.1) is 0 Å². The van der Waals surface area contributed by atoms with Crippen LogP contribution in [0, 0.1) is 0 Å². The monoisotopic (exact) mass is 397 g/mol. The average Bonchev–Trinajstić information content (AvgIpc) is 3.07. The third-order valence-electron chi connectivity index (χ3n) is 4.86. The van der Waals surface area contributed by atoms with Gasteiger partial charge in [0.1, 0.15) is 6.54 Å². The first-order valence-electron chi connectivity index (χ1n) is 9.07. The Morgan fingerprint density at radius 2 is 1.69 bits per heavy atom. The molecule has 1 aromatic heterocycles. The Morgan fingerprint density at radius 1 is 1.00 bits per heavy atom. The number of rotatable bonds is 4. The zero-order chi connectivity index (χ0) is 20.6. The summed E-state index contributed by atoms with van der Waals surface area (Å²) in [5, 5.41) is 2.13. The number of carbonyl (C=O) groups is 1. The zero-order valence-electron chi connectivity index (χ0n) is 15.6. The summed E-state index contributed by atoms with van der Waals surface area (Å²) in [6.07, 6.45) is -4.64. The molecule has 0 atom stereocenters. The van der Waals surface area contributed by atoms with Crippen molar-refractivity contribution in [2.24, 2.45) is 0 Å². The standard InChI is InChI=1S/C22H18F3N3O/c1-27(13-15-10-11-16-6-2-3-7-17(16)12-15)20(29)14-28-19-9-5-4-8-18(19)26-21(28)22(23,24)25/h2-12H,13-14H2,1H3. The van der Waals surface area contributed by atoms with E-state index in [1.165, 1.54) is 17.0 Å². The number of fused-ring (bicyclic) bond motifs is 2. The molecule has 148 valence electrons. The first kappa shape index (κ1) is 19.0. The number of aromatic nitrogens is 2. The molecule has 0 fully saturated rings. The molecule has 4 rings (SSSR count). The fourth-order valence-corrected chi connectivity index (χ4v) is 3.41. The highest BCUT2D eigenvalue weighted by Crippen LogP contribution is 2.31. The summed E-state index contributed by atoms with van der Waals surface area (Å²) in [6.45, 7) is -0.128. The molecule has 0 saturated heterocycles. The van der Waals surface area contributed by atoms with Crippen LogP contribution < -0.4 is 0 Å². The van der Waals surface area contributed by atoms with Crippen molar-refractivity contribution in [3.63, 3.8) is 0 Å². The van der Waals surface area contributed by atoms with Crippen LogP contribution in [0.2, 0.25) is 0 Å². The van der Waals surface area contributed by atoms with E-state index in [1.54, 1.807) is 19.2 Å². The molecule has 0 aliphatic rings. The van der Waals surface area contributed by atoms with Crippen molar-refractivity contribution in [3.05, 3.63) is 78.1 Å². The second-order valence-corrected chi connectivity index (χ2v) is 6.94. The van der Waals surface area contributed by atoms with Crippen LogP contribution in [0.25, 0.3) is 21.8 Å². The number of amides is 1. The van der Waals surface area contributed by atoms with E-state index in [9.17, 15) is 18.0 Å². The maximum atomic E-state index is 13.4. The second kappa shape index (κ2) is 7.24. The summed E-state index contributed by atoms with van der Waals surface area (Å²) < 4.78 is 41.2. The number of imidazole rings is 1. The topological polar surface area (TPSA) is 38.1 Å². The number of carbonyl (C=O) groups excluding carboxylic acids is 1. The van der Waals surface area contributed by atoms with E-state index in [0.29, 0.717) is 6.54 Å². The molecule has 0 aliphatic carbocycles. The molecule has 4 nitrogen and oxygen atoms in total. The van der Waals surface area contributed by atoms with Gasteiger partial charge in [-0.1, -0.05) is 48.5 Å². The summed E-state index contributed by atoms with van der Waals surface area (Å²) >= 11 is 0. The molecule has 0 aliphatic heterocycles. The van der Waals surface area contributed by atoms with Crippen molar-refractivity contribution < 1.29 is 18.0 Å². The minimum Gasteiger partial charge on any atom is -0.340 e. The van der Waals surface area contributed by atoms with Crippen LogP contribution in [0.5, 0.6) is 0 Å². The van der Waals surface area contributed by atoms with Gasteiger partial charge in [-0.25, -0.2) is 4.98 Å². The molecule has 1 heterocycles. The zero-order valence-corrected chi connectivity index (χ0v) is 15.6. The lowest BCUT2D eigenvalue weighted by molar-refractivity contribution is -0.148. The Balaban J connectivity index is 1.58. The average molecular weight is 397 g/mol. The van der Waals surface area contributed by atoms with Gasteiger partial charge in [0.05, 0.1) is 11.0 Å². The molecule has 0 unspecified atom stereocenters. The molecule has 0 N–H and O–H groups in total. The van der Waals surface area contributed by atoms with Gasteiger partial charge in [-0.05, 0) is 34.5 Å². The molecule has 29 heavy (non-hydrogen) atoms. The molecule has 1 amide bonds. The minimum atomic E-state index is -4.64. The Kier molecular flexibility index (Phi) is 4.74. The van der Waals surface area contributed by atoms with E-state index in [-0.39, 0.29) is 11.0 Å². The lowest BCUT2D eigenvalue weighted by atomic mass is 10.1. The third kappa shape index (κ3) is 3.81. The fourth-order valence-electron chi connectivity index (χ4n) is 3.41. The van der Waals surface area contributed by atoms with Crippen molar-refractivity contribution in [1.82, 2.24) is 14.5 Å². The summed E-state index contributed by atoms with van der Waals surface area (Å²) in [5.41, 5.74) is 1.41. The van der Waals surface area contributed by atoms with Crippen molar-refractivity contribution >= 4 is 27.7 Å². The van der Waals surface area contributed by atoms with E-state index in [4.69, 9.17) is 0 Å². The number of alkyl halides is 3. The molecule has 0 spiro atoms. The summed E-state index contributed by atoms with van der Waals surface area (Å²) in [7, 11) is 1.59. The first-order valence-corrected chi connectivity index (χ1v) is 9.07. The van der Waals surface area contributed by atoms with E-state index in [1.807, 2.05) is 42.5 Å². The number of para-hydroxylation sites is 2. The number of likely N-dealkylation sites (N-methyl/N-ethyl adjacent to an activating group) is 1. The van der Waals surface area contributed by atoms with Crippen LogP contribution in [0.15, 0.2) is 66.7 Å². The highest BCUT2D eigenvalue weighted by molar-refractivity contribution is 5.84. The van der Waals surface area contributed by atoms with E-state index in [2.05, 4.69) is 4.98 Å². The van der Waals surface area contributed by atoms with Gasteiger partial charge in [-0.3, -0.25) is 4.79 Å². The van der Waals surface area contributed by atoms with Gasteiger partial charge in [0.15, 0.2) is 0 Å². The normalized spacial score (nSPS) is 11.9. The molecular formula is C22H18F3N3O. The van der Waals surface area contributed by atoms with Gasteiger partial charge >= 0.3 is 6.18 Å². The minimum absolute atomic E-state index is 0.213. The van der Waals surface area contributed by atoms with Gasteiger partial charge in [0.2, 0.25) is 11.7 Å². The summed E-state index contributed by atoms with van der Waals surface area (Å²) in [4.78, 5) is 17.8. The number of halogens is 3. The lowest BCUT2D eigenvalue weighted by Crippen LogP contribution is -2.31. The maximum Gasteiger partial charge on any atom is 0.449 e. The Bertz CT molecular complexity index is 1200. The van der Waals surface area contributed by atoms with Gasteiger partial charge in [0.25, 0.3) is 0 Å². The molecular weight excluding hydrogens is 379 g/mol. The lowest BCUT2D eigenvalue weighted by Gasteiger charge is -2.19. The number of nitrogens with zero attached hydrogens (tertiary/aromatic N) is 3. The molecule has 0 bridgehead atoms. The highest BCUT2D eigenvalue weighted by atomic mass is 19.4. The van der Waals surface area contributed by atoms with Crippen LogP contribution in [0.1, 0.15) is 11.4 Å². The fraction of sp³-hybridized carbons (Fsp3) is 0.182. The summed E-state index contributed by atoms with van der Waals surface area (Å²) in [5.74, 6) is -1.49. The van der Waals surface area contributed by atoms with Crippen molar-refractivity contribution in [3.8, 4) is 0 Å². The first-order chi connectivity index (χ1) is 13.8. The van der Waals surface area contributed by atoms with Crippen molar-refractivity contribution in [1.29, 1.82) is 0 Å². The smallest absolute Gasteiger partial charge is 0.340 e. The number of hydrogen-bond acceptors (Lipinski definition) is 2. The predicted molar refractivity (Wildman–Crippen MR) is 105 cm³/mol. The SMILES string of the molecule is CN(Cc1ccc2ccccc2c1)C(=O)Cn1c(C(F)(F)F)nc2ccccc21. The molecule has 3 aromatic carbocycles.